The lowest BCUT2D eigenvalue weighted by molar-refractivity contribution is -0.119. The van der Waals surface area contributed by atoms with E-state index in [2.05, 4.69) is 19.2 Å². The molecule has 1 N–H and O–H groups in total. The van der Waals surface area contributed by atoms with Crippen molar-refractivity contribution in [2.75, 3.05) is 20.4 Å². The number of ether oxygens (including phenoxy) is 2. The molecule has 0 saturated carbocycles. The number of methoxy groups -OCH3 is 1. The fraction of sp³-hybridized carbons (Fsp3) is 0.500. The first-order valence-corrected chi connectivity index (χ1v) is 9.32. The first-order valence-electron chi connectivity index (χ1n) is 8.92. The van der Waals surface area contributed by atoms with Gasteiger partial charge in [-0.05, 0) is 48.7 Å². The molecule has 140 valence electrons. The Balaban J connectivity index is 2.07. The van der Waals surface area contributed by atoms with E-state index in [1.54, 1.807) is 7.11 Å². The highest BCUT2D eigenvalue weighted by atomic mass is 32.1. The van der Waals surface area contributed by atoms with E-state index in [1.165, 1.54) is 0 Å². The number of carbonyl (C=O) groups excluding carboxylic acids is 1. The second-order valence-corrected chi connectivity index (χ2v) is 7.92. The number of rotatable bonds is 5. The summed E-state index contributed by atoms with van der Waals surface area (Å²) in [5.41, 5.74) is 2.70. The number of thiocarbonyl (C=S) groups is 1. The Morgan fingerprint density at radius 2 is 1.96 bits per heavy atom. The van der Waals surface area contributed by atoms with E-state index in [0.29, 0.717) is 24.9 Å². The molecule has 3 rings (SSSR count). The molecular formula is C20H26N2O3S. The number of Topliss-reactive ketones (excluding diaryl/α,β-unsaturated/α-hetero) is 1. The number of nitrogens with zero attached hydrogens (tertiary/aromatic N) is 1. The molecule has 1 aromatic carbocycles. The molecule has 1 aliphatic carbocycles. The third-order valence-electron chi connectivity index (χ3n) is 4.89. The number of ketones is 1. The quantitative estimate of drug-likeness (QED) is 0.796. The summed E-state index contributed by atoms with van der Waals surface area (Å²) in [5, 5.41) is 3.90. The molecule has 1 aromatic rings. The number of benzene rings is 1. The van der Waals surface area contributed by atoms with Crippen LogP contribution in [0.25, 0.3) is 0 Å². The molecule has 2 aliphatic rings. The summed E-state index contributed by atoms with van der Waals surface area (Å²) in [6.07, 6.45) is 1.35. The maximum atomic E-state index is 13.0. The van der Waals surface area contributed by atoms with Crippen LogP contribution in [0.5, 0.6) is 5.75 Å². The average Bonchev–Trinajstić information content (AvgIpc) is 2.58. The van der Waals surface area contributed by atoms with E-state index >= 15 is 0 Å². The van der Waals surface area contributed by atoms with Crippen molar-refractivity contribution in [3.05, 3.63) is 41.1 Å². The second kappa shape index (κ2) is 7.37. The van der Waals surface area contributed by atoms with Crippen LogP contribution in [0.1, 0.15) is 45.2 Å². The van der Waals surface area contributed by atoms with Gasteiger partial charge in [-0.2, -0.15) is 0 Å². The maximum Gasteiger partial charge on any atom is 0.175 e. The van der Waals surface area contributed by atoms with Gasteiger partial charge >= 0.3 is 0 Å². The standard InChI is InChI=1S/C20H26N2O3S/c1-5-25-12-22-18(13-6-8-14(24-4)9-7-13)17-15(21-19(22)26)10-20(2,3)11-16(17)23/h6-9,18H,5,10-12H2,1-4H3,(H,21,26). The third-order valence-corrected chi connectivity index (χ3v) is 5.23. The molecule has 1 heterocycles. The van der Waals surface area contributed by atoms with Gasteiger partial charge in [0.2, 0.25) is 0 Å². The number of hydrogen-bond donors (Lipinski definition) is 1. The highest BCUT2D eigenvalue weighted by Gasteiger charge is 2.42. The monoisotopic (exact) mass is 374 g/mol. The summed E-state index contributed by atoms with van der Waals surface area (Å²) in [6.45, 7) is 7.11. The van der Waals surface area contributed by atoms with Gasteiger partial charge in [0, 0.05) is 24.3 Å². The van der Waals surface area contributed by atoms with Crippen LogP contribution in [0.3, 0.4) is 0 Å². The largest absolute Gasteiger partial charge is 0.497 e. The van der Waals surface area contributed by atoms with Crippen molar-refractivity contribution in [2.24, 2.45) is 5.41 Å². The van der Waals surface area contributed by atoms with Gasteiger partial charge < -0.3 is 19.7 Å². The minimum Gasteiger partial charge on any atom is -0.497 e. The van der Waals surface area contributed by atoms with Crippen molar-refractivity contribution in [3.63, 3.8) is 0 Å². The van der Waals surface area contributed by atoms with Crippen LogP contribution in [-0.2, 0) is 9.53 Å². The van der Waals surface area contributed by atoms with Gasteiger partial charge in [0.1, 0.15) is 12.5 Å². The van der Waals surface area contributed by atoms with Crippen LogP contribution in [0.4, 0.5) is 0 Å². The molecule has 0 saturated heterocycles. The Morgan fingerprint density at radius 1 is 1.27 bits per heavy atom. The number of carbonyl (C=O) groups is 1. The van der Waals surface area contributed by atoms with Crippen LogP contribution in [0.2, 0.25) is 0 Å². The number of nitrogens with one attached hydrogen (secondary N) is 1. The van der Waals surface area contributed by atoms with E-state index < -0.39 is 0 Å². The highest BCUT2D eigenvalue weighted by molar-refractivity contribution is 7.80. The molecule has 0 spiro atoms. The Bertz CT molecular complexity index is 740. The topological polar surface area (TPSA) is 50.8 Å². The first kappa shape index (κ1) is 18.9. The molecule has 0 aromatic heterocycles. The van der Waals surface area contributed by atoms with E-state index in [1.807, 2.05) is 36.1 Å². The molecule has 1 atom stereocenters. The molecule has 0 bridgehead atoms. The Hall–Kier alpha value is -1.92. The zero-order chi connectivity index (χ0) is 18.9. The molecule has 26 heavy (non-hydrogen) atoms. The molecule has 1 aliphatic heterocycles. The van der Waals surface area contributed by atoms with Gasteiger partial charge in [-0.3, -0.25) is 4.79 Å². The predicted octanol–water partition coefficient (Wildman–Crippen LogP) is 3.56. The van der Waals surface area contributed by atoms with Crippen LogP contribution in [0, 0.1) is 5.41 Å². The van der Waals surface area contributed by atoms with Crippen molar-refractivity contribution in [1.29, 1.82) is 0 Å². The maximum absolute atomic E-state index is 13.0. The molecule has 6 heteroatoms. The van der Waals surface area contributed by atoms with Crippen LogP contribution >= 0.6 is 12.2 Å². The molecule has 0 amide bonds. The molecule has 5 nitrogen and oxygen atoms in total. The normalized spacial score (nSPS) is 22.2. The van der Waals surface area contributed by atoms with E-state index in [0.717, 1.165) is 29.0 Å². The molecule has 1 unspecified atom stereocenters. The van der Waals surface area contributed by atoms with E-state index in [-0.39, 0.29) is 17.2 Å². The fourth-order valence-corrected chi connectivity index (χ4v) is 3.97. The number of allylic oxidation sites excluding steroid dienone is 1. The molecular weight excluding hydrogens is 348 g/mol. The Kier molecular flexibility index (Phi) is 5.34. The molecule has 0 fully saturated rings. The van der Waals surface area contributed by atoms with Gasteiger partial charge in [-0.15, -0.1) is 0 Å². The van der Waals surface area contributed by atoms with Crippen LogP contribution < -0.4 is 10.1 Å². The zero-order valence-electron chi connectivity index (χ0n) is 15.8. The van der Waals surface area contributed by atoms with Gasteiger partial charge in [0.05, 0.1) is 13.2 Å². The minimum absolute atomic E-state index is 0.0644. The summed E-state index contributed by atoms with van der Waals surface area (Å²) in [7, 11) is 1.64. The predicted molar refractivity (Wildman–Crippen MR) is 105 cm³/mol. The van der Waals surface area contributed by atoms with E-state index in [4.69, 9.17) is 21.7 Å². The first-order chi connectivity index (χ1) is 12.4. The third kappa shape index (κ3) is 3.62. The van der Waals surface area contributed by atoms with E-state index in [9.17, 15) is 4.79 Å². The average molecular weight is 375 g/mol. The Labute approximate surface area is 160 Å². The summed E-state index contributed by atoms with van der Waals surface area (Å²) < 4.78 is 10.9. The highest BCUT2D eigenvalue weighted by Crippen LogP contribution is 2.44. The second-order valence-electron chi connectivity index (χ2n) is 7.53. The summed E-state index contributed by atoms with van der Waals surface area (Å²) >= 11 is 5.61. The van der Waals surface area contributed by atoms with Gasteiger partial charge in [0.25, 0.3) is 0 Å². The zero-order valence-corrected chi connectivity index (χ0v) is 16.6. The van der Waals surface area contributed by atoms with Gasteiger partial charge in [-0.1, -0.05) is 26.0 Å². The lowest BCUT2D eigenvalue weighted by Gasteiger charge is -2.44. The smallest absolute Gasteiger partial charge is 0.175 e. The summed E-state index contributed by atoms with van der Waals surface area (Å²) in [6, 6.07) is 7.58. The van der Waals surface area contributed by atoms with Crippen molar-refractivity contribution in [3.8, 4) is 5.75 Å². The van der Waals surface area contributed by atoms with Crippen LogP contribution in [0.15, 0.2) is 35.5 Å². The molecule has 0 radical (unpaired) electrons. The summed E-state index contributed by atoms with van der Waals surface area (Å²) in [4.78, 5) is 15.0. The van der Waals surface area contributed by atoms with Crippen molar-refractivity contribution in [1.82, 2.24) is 10.2 Å². The van der Waals surface area contributed by atoms with Gasteiger partial charge in [0.15, 0.2) is 10.9 Å². The number of hydrogen-bond acceptors (Lipinski definition) is 4. The Morgan fingerprint density at radius 3 is 2.58 bits per heavy atom. The lowest BCUT2D eigenvalue weighted by Crippen LogP contribution is -2.51. The van der Waals surface area contributed by atoms with Crippen molar-refractivity contribution >= 4 is 23.1 Å². The van der Waals surface area contributed by atoms with Crippen molar-refractivity contribution in [2.45, 2.75) is 39.7 Å². The van der Waals surface area contributed by atoms with Crippen LogP contribution in [-0.4, -0.2) is 36.2 Å². The lowest BCUT2D eigenvalue weighted by atomic mass is 9.72. The minimum atomic E-state index is -0.236. The van der Waals surface area contributed by atoms with Crippen molar-refractivity contribution < 1.29 is 14.3 Å². The SMILES string of the molecule is CCOCN1C(=S)NC2=C(C(=O)CC(C)(C)C2)C1c1ccc(OC)cc1. The van der Waals surface area contributed by atoms with Gasteiger partial charge in [-0.25, -0.2) is 0 Å². The fourth-order valence-electron chi connectivity index (χ4n) is 3.69. The summed E-state index contributed by atoms with van der Waals surface area (Å²) in [5.74, 6) is 0.959.